The lowest BCUT2D eigenvalue weighted by Gasteiger charge is -2.63. The third-order valence-corrected chi connectivity index (χ3v) is 16.5. The fourth-order valence-corrected chi connectivity index (χ4v) is 13.4. The van der Waals surface area contributed by atoms with Crippen molar-refractivity contribution in [3.8, 4) is 0 Å². The molecule has 58 heavy (non-hydrogen) atoms. The Morgan fingerprint density at radius 1 is 1.07 bits per heavy atom. The van der Waals surface area contributed by atoms with E-state index in [1.54, 1.807) is 0 Å². The van der Waals surface area contributed by atoms with Gasteiger partial charge in [-0.25, -0.2) is 4.79 Å². The van der Waals surface area contributed by atoms with Crippen LogP contribution in [0.2, 0.25) is 0 Å². The Morgan fingerprint density at radius 2 is 1.88 bits per heavy atom. The van der Waals surface area contributed by atoms with Gasteiger partial charge < -0.3 is 56.3 Å². The van der Waals surface area contributed by atoms with Crippen LogP contribution in [-0.2, 0) is 23.8 Å². The second kappa shape index (κ2) is 19.2. The number of piperidine rings is 2. The lowest BCUT2D eigenvalue weighted by atomic mass is 9.51. The van der Waals surface area contributed by atoms with Crippen molar-refractivity contribution in [2.24, 2.45) is 70.6 Å². The first-order valence-electron chi connectivity index (χ1n) is 23.1. The van der Waals surface area contributed by atoms with E-state index in [0.717, 1.165) is 70.9 Å². The third kappa shape index (κ3) is 8.86. The molecule has 2 bridgehead atoms. The number of aliphatic hydroxyl groups is 4. The summed E-state index contributed by atoms with van der Waals surface area (Å²) in [5.74, 6) is -2.38. The number of nitrogens with one attached hydrogen (secondary N) is 1. The van der Waals surface area contributed by atoms with Gasteiger partial charge in [-0.2, -0.15) is 0 Å². The molecule has 19 unspecified atom stereocenters. The minimum absolute atomic E-state index is 0.00228. The molecule has 0 amide bonds. The molecule has 2 saturated carbocycles. The molecule has 0 aromatic rings. The number of aliphatic hydroxyl groups excluding tert-OH is 4. The summed E-state index contributed by atoms with van der Waals surface area (Å²) >= 11 is 0. The summed E-state index contributed by atoms with van der Waals surface area (Å²) in [6.45, 7) is 8.53. The fraction of sp³-hybridized carbons (Fsp3) is 0.909. The molecule has 330 valence electrons. The number of esters is 1. The van der Waals surface area contributed by atoms with Gasteiger partial charge >= 0.3 is 5.97 Å². The summed E-state index contributed by atoms with van der Waals surface area (Å²) < 4.78 is 21.2. The van der Waals surface area contributed by atoms with Crippen LogP contribution in [0.5, 0.6) is 0 Å². The standard InChI is InChI=1S/C44H75N5O9/c1-4-24(20-47-5-2)43(55)57-34-18-31-39(54)37-33(53)17-28(21-50)56-41(37)38-36(32(22-51)25-7-6-8-27(52)16-25)29-13-14-48-42(46)30(29)11-10-26(44(34,3)58-40(31)38)15-23-9-12-35(45)49-19-23/h4,23,25-32,34-42,47-52,54H,5-22,45-46H2,1-3H3/p+2. The van der Waals surface area contributed by atoms with Crippen LogP contribution >= 0.6 is 0 Å². The number of Topliss-reactive ketones (excluding diaryl/α,β-unsaturated/α-hetero) is 1. The Bertz CT molecular complexity index is 1430. The molecule has 13 N–H and O–H groups in total. The van der Waals surface area contributed by atoms with Gasteiger partial charge in [0.15, 0.2) is 0 Å². The van der Waals surface area contributed by atoms with E-state index in [1.165, 1.54) is 0 Å². The fourth-order valence-electron chi connectivity index (χ4n) is 13.4. The molecule has 7 fully saturated rings. The van der Waals surface area contributed by atoms with Crippen LogP contribution in [0.15, 0.2) is 11.6 Å². The smallest absolute Gasteiger partial charge is 0.339 e. The van der Waals surface area contributed by atoms with Crippen molar-refractivity contribution in [3.63, 3.8) is 0 Å². The van der Waals surface area contributed by atoms with Crippen LogP contribution in [-0.4, -0.2) is 126 Å². The predicted octanol–water partition coefficient (Wildman–Crippen LogP) is -0.738. The number of ketones is 1. The number of likely N-dealkylation sites (N-methyl/N-ethyl adjacent to an activating group) is 1. The highest BCUT2D eigenvalue weighted by Gasteiger charge is 2.66. The molecular weight excluding hydrogens is 743 g/mol. The SMILES string of the molecule is CC=C(C[NH2+]CC)C(=O)OC1CC2C(O)C3C(=O)CC(CO)OC3C3C2OC1(C)C(CC1CCC(N)[NH2+]C1)CCC1C(N)NCCC1C3C(CO)C1CCCC(O)C1. The zero-order chi connectivity index (χ0) is 41.3. The Kier molecular flexibility index (Phi) is 14.8. The molecule has 14 heteroatoms. The second-order valence-corrected chi connectivity index (χ2v) is 19.6. The van der Waals surface area contributed by atoms with Crippen LogP contribution in [0.4, 0.5) is 0 Å². The molecule has 0 aromatic carbocycles. The first kappa shape index (κ1) is 44.5. The summed E-state index contributed by atoms with van der Waals surface area (Å²) in [4.78, 5) is 28.5. The maximum atomic E-state index is 14.3. The van der Waals surface area contributed by atoms with Crippen molar-refractivity contribution in [2.75, 3.05) is 39.4 Å². The average Bonchev–Trinajstić information content (AvgIpc) is 3.20. The lowest BCUT2D eigenvalue weighted by molar-refractivity contribution is -0.703. The van der Waals surface area contributed by atoms with E-state index in [9.17, 15) is 30.0 Å². The molecule has 0 radical (unpaired) electrons. The Morgan fingerprint density at radius 3 is 2.57 bits per heavy atom. The number of carbonyl (C=O) groups excluding carboxylic acids is 2. The van der Waals surface area contributed by atoms with Gasteiger partial charge in [0, 0.05) is 37.2 Å². The van der Waals surface area contributed by atoms with E-state index in [4.69, 9.17) is 25.7 Å². The second-order valence-electron chi connectivity index (χ2n) is 19.6. The van der Waals surface area contributed by atoms with Gasteiger partial charge in [-0.3, -0.25) is 10.5 Å². The van der Waals surface area contributed by atoms with E-state index in [2.05, 4.69) is 22.9 Å². The topological polar surface area (TPSA) is 240 Å². The molecule has 14 nitrogen and oxygen atoms in total. The van der Waals surface area contributed by atoms with E-state index in [-0.39, 0.29) is 79.2 Å². The number of carbonyl (C=O) groups is 2. The third-order valence-electron chi connectivity index (χ3n) is 16.5. The highest BCUT2D eigenvalue weighted by molar-refractivity contribution is 5.88. The quantitative estimate of drug-likeness (QED) is 0.0926. The first-order chi connectivity index (χ1) is 27.9. The maximum Gasteiger partial charge on any atom is 0.339 e. The Hall–Kier alpha value is -1.56. The van der Waals surface area contributed by atoms with E-state index in [0.29, 0.717) is 37.4 Å². The van der Waals surface area contributed by atoms with Gasteiger partial charge in [0.05, 0.1) is 67.9 Å². The van der Waals surface area contributed by atoms with E-state index in [1.807, 2.05) is 19.9 Å². The molecular formula is C44H77N5O9+2. The molecule has 7 rings (SSSR count). The van der Waals surface area contributed by atoms with Crippen LogP contribution in [0, 0.1) is 59.2 Å². The van der Waals surface area contributed by atoms with Crippen molar-refractivity contribution in [1.29, 1.82) is 0 Å². The molecule has 2 aliphatic carbocycles. The number of hydrogen-bond donors (Lipinski definition) is 9. The van der Waals surface area contributed by atoms with Crippen molar-refractivity contribution in [1.82, 2.24) is 5.32 Å². The highest BCUT2D eigenvalue weighted by atomic mass is 16.6. The van der Waals surface area contributed by atoms with Gasteiger partial charge in [0.25, 0.3) is 0 Å². The zero-order valence-corrected chi connectivity index (χ0v) is 35.3. The van der Waals surface area contributed by atoms with Crippen molar-refractivity contribution < 1.29 is 54.9 Å². The number of fused-ring (bicyclic) bond motifs is 4. The largest absolute Gasteiger partial charge is 0.456 e. The first-order valence-corrected chi connectivity index (χ1v) is 23.1. The zero-order valence-electron chi connectivity index (χ0n) is 35.3. The highest BCUT2D eigenvalue weighted by Crippen LogP contribution is 2.59. The molecule has 5 saturated heterocycles. The number of rotatable bonds is 11. The molecule has 5 aliphatic heterocycles. The molecule has 0 spiro atoms. The number of quaternary nitrogens is 2. The van der Waals surface area contributed by atoms with Crippen molar-refractivity contribution in [2.45, 2.75) is 152 Å². The minimum atomic E-state index is -1.12. The Labute approximate surface area is 345 Å². The van der Waals surface area contributed by atoms with Gasteiger partial charge in [-0.15, -0.1) is 0 Å². The average molecular weight is 820 g/mol. The van der Waals surface area contributed by atoms with Gasteiger partial charge in [0.2, 0.25) is 0 Å². The van der Waals surface area contributed by atoms with Crippen LogP contribution < -0.4 is 27.4 Å². The number of allylic oxidation sites excluding steroid dienone is 1. The van der Waals surface area contributed by atoms with Gasteiger partial charge in [-0.1, -0.05) is 12.5 Å². The molecule has 7 aliphatic rings. The summed E-state index contributed by atoms with van der Waals surface area (Å²) in [6.07, 6.45) is 5.83. The number of hydrogen-bond acceptors (Lipinski definition) is 12. The monoisotopic (exact) mass is 820 g/mol. The van der Waals surface area contributed by atoms with Crippen molar-refractivity contribution in [3.05, 3.63) is 11.6 Å². The van der Waals surface area contributed by atoms with Crippen LogP contribution in [0.1, 0.15) is 97.8 Å². The predicted molar refractivity (Wildman–Crippen MR) is 215 cm³/mol. The van der Waals surface area contributed by atoms with Crippen molar-refractivity contribution >= 4 is 11.8 Å². The summed E-state index contributed by atoms with van der Waals surface area (Å²) in [6, 6.07) is 0. The van der Waals surface area contributed by atoms with E-state index < -0.39 is 60.0 Å². The maximum absolute atomic E-state index is 14.3. The number of nitrogens with two attached hydrogens (primary N) is 4. The normalized spacial score (nSPS) is 46.7. The molecule has 19 atom stereocenters. The minimum Gasteiger partial charge on any atom is -0.456 e. The van der Waals surface area contributed by atoms with Gasteiger partial charge in [-0.05, 0) is 121 Å². The summed E-state index contributed by atoms with van der Waals surface area (Å²) in [7, 11) is 0. The van der Waals surface area contributed by atoms with Crippen LogP contribution in [0.25, 0.3) is 0 Å². The molecule has 0 aromatic heterocycles. The number of ether oxygens (including phenoxy) is 3. The van der Waals surface area contributed by atoms with E-state index >= 15 is 0 Å². The van der Waals surface area contributed by atoms with Gasteiger partial charge in [0.1, 0.15) is 30.2 Å². The Balaban J connectivity index is 1.38. The summed E-state index contributed by atoms with van der Waals surface area (Å²) in [5.41, 5.74) is 13.1. The molecule has 5 heterocycles. The summed E-state index contributed by atoms with van der Waals surface area (Å²) in [5, 5.41) is 53.5. The lowest BCUT2D eigenvalue weighted by Crippen LogP contribution is -2.95. The van der Waals surface area contributed by atoms with Crippen LogP contribution in [0.3, 0.4) is 0 Å².